The molecule has 94 valence electrons. The van der Waals surface area contributed by atoms with Crippen LogP contribution < -0.4 is 5.32 Å². The Bertz CT molecular complexity index is 225. The zero-order chi connectivity index (χ0) is 11.6. The van der Waals surface area contributed by atoms with Crippen LogP contribution in [0.25, 0.3) is 0 Å². The first-order valence-electron chi connectivity index (χ1n) is 7.11. The molecule has 2 heteroatoms. The van der Waals surface area contributed by atoms with Gasteiger partial charge < -0.3 is 5.32 Å². The van der Waals surface area contributed by atoms with Gasteiger partial charge in [-0.3, -0.25) is 4.90 Å². The van der Waals surface area contributed by atoms with Crippen LogP contribution >= 0.6 is 0 Å². The number of piperidine rings is 1. The van der Waals surface area contributed by atoms with Crippen molar-refractivity contribution in [3.05, 3.63) is 0 Å². The number of nitrogens with one attached hydrogen (secondary N) is 1. The second kappa shape index (κ2) is 5.05. The molecule has 0 amide bonds. The summed E-state index contributed by atoms with van der Waals surface area (Å²) >= 11 is 0. The van der Waals surface area contributed by atoms with Crippen molar-refractivity contribution in [1.29, 1.82) is 0 Å². The van der Waals surface area contributed by atoms with E-state index in [9.17, 15) is 0 Å². The molecule has 2 nitrogen and oxygen atoms in total. The molecule has 0 aromatic carbocycles. The predicted octanol–water partition coefficient (Wildman–Crippen LogP) is 2.64. The van der Waals surface area contributed by atoms with Gasteiger partial charge in [0.15, 0.2) is 0 Å². The maximum atomic E-state index is 3.74. The zero-order valence-electron chi connectivity index (χ0n) is 11.3. The lowest BCUT2D eigenvalue weighted by Gasteiger charge is -2.42. The number of likely N-dealkylation sites (tertiary alicyclic amines) is 1. The van der Waals surface area contributed by atoms with E-state index in [0.717, 1.165) is 6.04 Å². The first-order valence-corrected chi connectivity index (χ1v) is 7.11. The summed E-state index contributed by atoms with van der Waals surface area (Å²) in [5.74, 6) is 0. The topological polar surface area (TPSA) is 15.3 Å². The van der Waals surface area contributed by atoms with Crippen molar-refractivity contribution >= 4 is 0 Å². The van der Waals surface area contributed by atoms with E-state index in [4.69, 9.17) is 0 Å². The van der Waals surface area contributed by atoms with Crippen LogP contribution in [0.1, 0.15) is 52.9 Å². The minimum absolute atomic E-state index is 0.485. The highest BCUT2D eigenvalue weighted by molar-refractivity contribution is 4.92. The molecule has 16 heavy (non-hydrogen) atoms. The summed E-state index contributed by atoms with van der Waals surface area (Å²) in [6.45, 7) is 11.0. The number of rotatable bonds is 3. The zero-order valence-corrected chi connectivity index (χ0v) is 11.3. The molecule has 0 spiro atoms. The second-order valence-electron chi connectivity index (χ2n) is 6.30. The molecule has 2 atom stereocenters. The number of hydrogen-bond donors (Lipinski definition) is 1. The van der Waals surface area contributed by atoms with Gasteiger partial charge in [0, 0.05) is 18.6 Å². The van der Waals surface area contributed by atoms with Crippen molar-refractivity contribution < 1.29 is 0 Å². The van der Waals surface area contributed by atoms with E-state index in [1.54, 1.807) is 0 Å². The number of nitrogens with zero attached hydrogens (tertiary/aromatic N) is 1. The van der Waals surface area contributed by atoms with Gasteiger partial charge in [-0.25, -0.2) is 0 Å². The van der Waals surface area contributed by atoms with E-state index in [1.165, 1.54) is 51.7 Å². The first kappa shape index (κ1) is 12.4. The molecule has 2 rings (SSSR count). The van der Waals surface area contributed by atoms with Crippen molar-refractivity contribution in [3.63, 3.8) is 0 Å². The van der Waals surface area contributed by atoms with E-state index in [1.807, 2.05) is 0 Å². The Morgan fingerprint density at radius 2 is 2.12 bits per heavy atom. The monoisotopic (exact) mass is 224 g/mol. The van der Waals surface area contributed by atoms with Gasteiger partial charge >= 0.3 is 0 Å². The minimum Gasteiger partial charge on any atom is -0.312 e. The van der Waals surface area contributed by atoms with Crippen molar-refractivity contribution in [2.45, 2.75) is 65.0 Å². The SMILES string of the molecule is CCC1CCCN1CC1NCCCC1(C)C. The van der Waals surface area contributed by atoms with E-state index in [2.05, 4.69) is 31.0 Å². The fraction of sp³-hybridized carbons (Fsp3) is 1.00. The van der Waals surface area contributed by atoms with Crippen LogP contribution in [0.5, 0.6) is 0 Å². The van der Waals surface area contributed by atoms with Crippen molar-refractivity contribution in [3.8, 4) is 0 Å². The highest BCUT2D eigenvalue weighted by atomic mass is 15.2. The van der Waals surface area contributed by atoms with Gasteiger partial charge in [0.25, 0.3) is 0 Å². The third kappa shape index (κ3) is 2.60. The molecule has 0 aromatic heterocycles. The van der Waals surface area contributed by atoms with Gasteiger partial charge in [-0.1, -0.05) is 20.8 Å². The third-order valence-electron chi connectivity index (χ3n) is 4.72. The van der Waals surface area contributed by atoms with Crippen LogP contribution in [0.4, 0.5) is 0 Å². The van der Waals surface area contributed by atoms with Crippen molar-refractivity contribution in [1.82, 2.24) is 10.2 Å². The molecule has 2 aliphatic heterocycles. The van der Waals surface area contributed by atoms with Gasteiger partial charge in [0.1, 0.15) is 0 Å². The Labute approximate surface area is 101 Å². The van der Waals surface area contributed by atoms with E-state index in [0.29, 0.717) is 11.5 Å². The lowest BCUT2D eigenvalue weighted by atomic mass is 9.77. The molecule has 2 unspecified atom stereocenters. The molecule has 2 saturated heterocycles. The third-order valence-corrected chi connectivity index (χ3v) is 4.72. The Kier molecular flexibility index (Phi) is 3.91. The first-order chi connectivity index (χ1) is 7.63. The molecule has 2 fully saturated rings. The van der Waals surface area contributed by atoms with Gasteiger partial charge in [-0.05, 0) is 50.6 Å². The van der Waals surface area contributed by atoms with Gasteiger partial charge in [-0.2, -0.15) is 0 Å². The molecule has 0 aromatic rings. The quantitative estimate of drug-likeness (QED) is 0.793. The van der Waals surface area contributed by atoms with Gasteiger partial charge in [0.05, 0.1) is 0 Å². The average molecular weight is 224 g/mol. The van der Waals surface area contributed by atoms with Crippen LogP contribution in [0.2, 0.25) is 0 Å². The second-order valence-corrected chi connectivity index (χ2v) is 6.30. The number of hydrogen-bond acceptors (Lipinski definition) is 2. The predicted molar refractivity (Wildman–Crippen MR) is 69.7 cm³/mol. The van der Waals surface area contributed by atoms with E-state index in [-0.39, 0.29) is 0 Å². The molecule has 0 aliphatic carbocycles. The summed E-state index contributed by atoms with van der Waals surface area (Å²) in [7, 11) is 0. The van der Waals surface area contributed by atoms with Crippen molar-refractivity contribution in [2.75, 3.05) is 19.6 Å². The van der Waals surface area contributed by atoms with Crippen LogP contribution in [0.15, 0.2) is 0 Å². The summed E-state index contributed by atoms with van der Waals surface area (Å²) < 4.78 is 0. The fourth-order valence-corrected chi connectivity index (χ4v) is 3.41. The Morgan fingerprint density at radius 1 is 1.31 bits per heavy atom. The van der Waals surface area contributed by atoms with Crippen LogP contribution in [-0.2, 0) is 0 Å². The summed E-state index contributed by atoms with van der Waals surface area (Å²) in [4.78, 5) is 2.73. The molecule has 1 N–H and O–H groups in total. The Hall–Kier alpha value is -0.0800. The molecule has 2 aliphatic rings. The lowest BCUT2D eigenvalue weighted by Crippen LogP contribution is -2.53. The average Bonchev–Trinajstić information content (AvgIpc) is 2.68. The normalized spacial score (nSPS) is 35.4. The maximum absolute atomic E-state index is 3.74. The largest absolute Gasteiger partial charge is 0.312 e. The van der Waals surface area contributed by atoms with Crippen LogP contribution in [0.3, 0.4) is 0 Å². The summed E-state index contributed by atoms with van der Waals surface area (Å²) in [5.41, 5.74) is 0.485. The lowest BCUT2D eigenvalue weighted by molar-refractivity contribution is 0.119. The maximum Gasteiger partial charge on any atom is 0.0246 e. The standard InChI is InChI=1S/C14H28N2/c1-4-12-7-5-10-16(12)11-13-14(2,3)8-6-9-15-13/h12-13,15H,4-11H2,1-3H3. The minimum atomic E-state index is 0.485. The highest BCUT2D eigenvalue weighted by Gasteiger charge is 2.35. The molecule has 0 radical (unpaired) electrons. The smallest absolute Gasteiger partial charge is 0.0246 e. The molecule has 0 saturated carbocycles. The Balaban J connectivity index is 1.92. The molecule has 2 heterocycles. The summed E-state index contributed by atoms with van der Waals surface area (Å²) in [6, 6.07) is 1.56. The van der Waals surface area contributed by atoms with Gasteiger partial charge in [-0.15, -0.1) is 0 Å². The Morgan fingerprint density at radius 3 is 2.81 bits per heavy atom. The van der Waals surface area contributed by atoms with E-state index >= 15 is 0 Å². The summed E-state index contributed by atoms with van der Waals surface area (Å²) in [5, 5.41) is 3.74. The van der Waals surface area contributed by atoms with Crippen LogP contribution in [-0.4, -0.2) is 36.6 Å². The fourth-order valence-electron chi connectivity index (χ4n) is 3.41. The summed E-state index contributed by atoms with van der Waals surface area (Å²) in [6.07, 6.45) is 6.89. The van der Waals surface area contributed by atoms with Gasteiger partial charge in [0.2, 0.25) is 0 Å². The molecular weight excluding hydrogens is 196 g/mol. The van der Waals surface area contributed by atoms with Crippen molar-refractivity contribution in [2.24, 2.45) is 5.41 Å². The van der Waals surface area contributed by atoms with E-state index < -0.39 is 0 Å². The highest BCUT2D eigenvalue weighted by Crippen LogP contribution is 2.32. The molecule has 0 bridgehead atoms. The van der Waals surface area contributed by atoms with Crippen LogP contribution in [0, 0.1) is 5.41 Å². The molecular formula is C14H28N2.